The second-order valence-corrected chi connectivity index (χ2v) is 10.2. The van der Waals surface area contributed by atoms with Gasteiger partial charge in [0.05, 0.1) is 27.9 Å². The minimum Gasteiger partial charge on any atom is -0.496 e. The van der Waals surface area contributed by atoms with E-state index in [1.807, 2.05) is 50.2 Å². The predicted octanol–water partition coefficient (Wildman–Crippen LogP) is 6.00. The molecular weight excluding hydrogens is 538 g/mol. The number of aliphatic imine (C=N–C) groups is 1. The third-order valence-electron chi connectivity index (χ3n) is 7.00. The van der Waals surface area contributed by atoms with Crippen molar-refractivity contribution in [3.05, 3.63) is 63.3 Å². The van der Waals surface area contributed by atoms with Crippen LogP contribution in [-0.4, -0.2) is 45.4 Å². The molecule has 3 atom stereocenters. The largest absolute Gasteiger partial charge is 0.496 e. The summed E-state index contributed by atoms with van der Waals surface area (Å²) in [6, 6.07) is 11.4. The molecule has 196 valence electrons. The number of hydrogen-bond donors (Lipinski definition) is 0. The van der Waals surface area contributed by atoms with Crippen LogP contribution in [0.2, 0.25) is 0 Å². The average Bonchev–Trinajstić information content (AvgIpc) is 2.90. The van der Waals surface area contributed by atoms with E-state index in [4.69, 9.17) is 23.9 Å². The Kier molecular flexibility index (Phi) is 8.37. The van der Waals surface area contributed by atoms with Gasteiger partial charge in [0.2, 0.25) is 0 Å². The number of halogens is 1. The standard InChI is InChI=1S/C29H32BrNO6/c1-6-11-37-29(33)26-16(2)31-21-12-18(17-7-9-24(35-4)25(14-17)36-5)13-22(32)28(21)27(26)20-15-19(30)8-10-23(20)34-3/h7-10,14-15,18,26-27H,6,11-13H2,1-5H3/t18-,26?,27+/m1/s1. The lowest BCUT2D eigenvalue weighted by Gasteiger charge is -2.37. The van der Waals surface area contributed by atoms with Crippen LogP contribution in [0.4, 0.5) is 0 Å². The molecule has 0 bridgehead atoms. The first kappa shape index (κ1) is 26.9. The van der Waals surface area contributed by atoms with Gasteiger partial charge >= 0.3 is 5.97 Å². The van der Waals surface area contributed by atoms with Gasteiger partial charge in [-0.15, -0.1) is 0 Å². The van der Waals surface area contributed by atoms with Crippen molar-refractivity contribution in [3.8, 4) is 17.2 Å². The predicted molar refractivity (Wildman–Crippen MR) is 145 cm³/mol. The molecule has 1 aliphatic heterocycles. The normalized spacial score (nSPS) is 21.2. The van der Waals surface area contributed by atoms with Crippen molar-refractivity contribution in [2.75, 3.05) is 27.9 Å². The topological polar surface area (TPSA) is 83.4 Å². The maximum absolute atomic E-state index is 13.9. The zero-order valence-corrected chi connectivity index (χ0v) is 23.4. The molecule has 0 fully saturated rings. The van der Waals surface area contributed by atoms with Crippen LogP contribution in [0.5, 0.6) is 17.2 Å². The average molecular weight is 570 g/mol. The zero-order chi connectivity index (χ0) is 26.7. The monoisotopic (exact) mass is 569 g/mol. The Hall–Kier alpha value is -3.13. The number of Topliss-reactive ketones (excluding diaryl/α,β-unsaturated/α-hetero) is 1. The van der Waals surface area contributed by atoms with Gasteiger partial charge in [-0.25, -0.2) is 0 Å². The number of carbonyl (C=O) groups is 2. The van der Waals surface area contributed by atoms with Gasteiger partial charge in [-0.1, -0.05) is 28.9 Å². The SMILES string of the molecule is CCCOC(=O)C1C(C)=NC2=C(C(=O)C[C@H](c3ccc(OC)c(OC)c3)C2)[C@H]1c1cc(Br)ccc1OC. The number of rotatable bonds is 8. The number of ether oxygens (including phenoxy) is 4. The molecule has 2 aromatic carbocycles. The van der Waals surface area contributed by atoms with Crippen molar-refractivity contribution >= 4 is 33.4 Å². The van der Waals surface area contributed by atoms with Crippen LogP contribution in [0.1, 0.15) is 56.1 Å². The number of carbonyl (C=O) groups excluding carboxylic acids is 2. The van der Waals surface area contributed by atoms with E-state index >= 15 is 0 Å². The number of esters is 1. The Bertz CT molecular complexity index is 1270. The summed E-state index contributed by atoms with van der Waals surface area (Å²) in [6.45, 7) is 4.10. The van der Waals surface area contributed by atoms with Crippen molar-refractivity contribution in [2.45, 2.75) is 44.9 Å². The number of ketones is 1. The van der Waals surface area contributed by atoms with Crippen molar-refractivity contribution in [2.24, 2.45) is 10.9 Å². The Balaban J connectivity index is 1.82. The van der Waals surface area contributed by atoms with E-state index in [1.54, 1.807) is 21.3 Å². The number of methoxy groups -OCH3 is 3. The van der Waals surface area contributed by atoms with Crippen molar-refractivity contribution < 1.29 is 28.5 Å². The van der Waals surface area contributed by atoms with E-state index < -0.39 is 11.8 Å². The molecule has 0 saturated heterocycles. The van der Waals surface area contributed by atoms with Gasteiger partial charge in [-0.3, -0.25) is 14.6 Å². The highest BCUT2D eigenvalue weighted by atomic mass is 79.9. The van der Waals surface area contributed by atoms with Crippen molar-refractivity contribution in [3.63, 3.8) is 0 Å². The van der Waals surface area contributed by atoms with Gasteiger partial charge in [0.1, 0.15) is 11.7 Å². The molecular formula is C29H32BrNO6. The summed E-state index contributed by atoms with van der Waals surface area (Å²) in [6.07, 6.45) is 1.57. The van der Waals surface area contributed by atoms with Gasteiger partial charge in [0.15, 0.2) is 17.3 Å². The highest BCUT2D eigenvalue weighted by molar-refractivity contribution is 9.10. The minimum atomic E-state index is -0.713. The summed E-state index contributed by atoms with van der Waals surface area (Å²) in [5.74, 6) is 0.113. The van der Waals surface area contributed by atoms with Crippen LogP contribution in [0, 0.1) is 5.92 Å². The summed E-state index contributed by atoms with van der Waals surface area (Å²) in [5.41, 5.74) is 3.64. The molecule has 0 spiro atoms. The van der Waals surface area contributed by atoms with Crippen LogP contribution in [0.25, 0.3) is 0 Å². The maximum Gasteiger partial charge on any atom is 0.315 e. The molecule has 0 radical (unpaired) electrons. The number of benzene rings is 2. The Morgan fingerprint density at radius 2 is 1.70 bits per heavy atom. The lowest BCUT2D eigenvalue weighted by molar-refractivity contribution is -0.146. The Labute approximate surface area is 226 Å². The molecule has 4 rings (SSSR count). The first-order valence-corrected chi connectivity index (χ1v) is 13.2. The molecule has 0 N–H and O–H groups in total. The molecule has 2 aromatic rings. The van der Waals surface area contributed by atoms with Crippen LogP contribution in [0.15, 0.2) is 57.1 Å². The summed E-state index contributed by atoms with van der Waals surface area (Å²) in [4.78, 5) is 32.0. The molecule has 8 heteroatoms. The van der Waals surface area contributed by atoms with Crippen LogP contribution >= 0.6 is 15.9 Å². The van der Waals surface area contributed by atoms with Crippen LogP contribution in [-0.2, 0) is 14.3 Å². The van der Waals surface area contributed by atoms with Gasteiger partial charge in [-0.05, 0) is 61.6 Å². The lowest BCUT2D eigenvalue weighted by atomic mass is 9.69. The Morgan fingerprint density at radius 1 is 1.00 bits per heavy atom. The second kappa shape index (κ2) is 11.5. The molecule has 1 aliphatic carbocycles. The van der Waals surface area contributed by atoms with Crippen molar-refractivity contribution in [1.29, 1.82) is 0 Å². The van der Waals surface area contributed by atoms with Gasteiger partial charge in [0.25, 0.3) is 0 Å². The smallest absolute Gasteiger partial charge is 0.315 e. The molecule has 0 saturated carbocycles. The van der Waals surface area contributed by atoms with Crippen LogP contribution in [0.3, 0.4) is 0 Å². The van der Waals surface area contributed by atoms with Crippen LogP contribution < -0.4 is 14.2 Å². The number of nitrogens with zero attached hydrogens (tertiary/aromatic N) is 1. The highest BCUT2D eigenvalue weighted by Gasteiger charge is 2.45. The summed E-state index contributed by atoms with van der Waals surface area (Å²) >= 11 is 3.55. The third-order valence-corrected chi connectivity index (χ3v) is 7.49. The van der Waals surface area contributed by atoms with E-state index in [0.29, 0.717) is 60.1 Å². The first-order chi connectivity index (χ1) is 17.8. The van der Waals surface area contributed by atoms with E-state index in [2.05, 4.69) is 15.9 Å². The molecule has 7 nitrogen and oxygen atoms in total. The molecule has 0 amide bonds. The van der Waals surface area contributed by atoms with Gasteiger partial charge in [0, 0.05) is 39.4 Å². The number of hydrogen-bond acceptors (Lipinski definition) is 7. The van der Waals surface area contributed by atoms with Crippen molar-refractivity contribution in [1.82, 2.24) is 0 Å². The number of allylic oxidation sites excluding steroid dienone is 2. The fourth-order valence-electron chi connectivity index (χ4n) is 5.28. The molecule has 37 heavy (non-hydrogen) atoms. The molecule has 1 heterocycles. The fraction of sp³-hybridized carbons (Fsp3) is 0.414. The Morgan fingerprint density at radius 3 is 2.38 bits per heavy atom. The van der Waals surface area contributed by atoms with E-state index in [0.717, 1.165) is 15.6 Å². The van der Waals surface area contributed by atoms with Gasteiger partial charge in [-0.2, -0.15) is 0 Å². The quantitative estimate of drug-likeness (QED) is 0.362. The lowest BCUT2D eigenvalue weighted by Crippen LogP contribution is -2.38. The third kappa shape index (κ3) is 5.30. The molecule has 0 aromatic heterocycles. The van der Waals surface area contributed by atoms with Gasteiger partial charge < -0.3 is 18.9 Å². The highest BCUT2D eigenvalue weighted by Crippen LogP contribution is 2.49. The molecule has 1 unspecified atom stereocenters. The fourth-order valence-corrected chi connectivity index (χ4v) is 5.66. The maximum atomic E-state index is 13.9. The zero-order valence-electron chi connectivity index (χ0n) is 21.8. The minimum absolute atomic E-state index is 0.0300. The van der Waals surface area contributed by atoms with E-state index in [9.17, 15) is 9.59 Å². The van der Waals surface area contributed by atoms with E-state index in [-0.39, 0.29) is 17.7 Å². The first-order valence-electron chi connectivity index (χ1n) is 12.4. The molecule has 2 aliphatic rings. The summed E-state index contributed by atoms with van der Waals surface area (Å²) in [5, 5.41) is 0. The summed E-state index contributed by atoms with van der Waals surface area (Å²) in [7, 11) is 4.78. The summed E-state index contributed by atoms with van der Waals surface area (Å²) < 4.78 is 22.9. The second-order valence-electron chi connectivity index (χ2n) is 9.27. The van der Waals surface area contributed by atoms with E-state index in [1.165, 1.54) is 0 Å².